The van der Waals surface area contributed by atoms with Gasteiger partial charge in [-0.1, -0.05) is 48.5 Å². The average molecular weight is 417 g/mol. The van der Waals surface area contributed by atoms with Gasteiger partial charge in [-0.2, -0.15) is 0 Å². The lowest BCUT2D eigenvalue weighted by Crippen LogP contribution is -2.84. The van der Waals surface area contributed by atoms with E-state index in [-0.39, 0.29) is 35.8 Å². The van der Waals surface area contributed by atoms with Gasteiger partial charge in [-0.15, -0.1) is 0 Å². The first-order chi connectivity index (χ1) is 15.1. The van der Waals surface area contributed by atoms with Crippen LogP contribution in [0.15, 0.2) is 79.0 Å². The van der Waals surface area contributed by atoms with Crippen molar-refractivity contribution in [1.82, 2.24) is 14.8 Å². The Morgan fingerprint density at radius 2 is 1.74 bits per heavy atom. The molecule has 3 aromatic rings. The molecule has 2 aliphatic heterocycles. The molecular weight excluding hydrogens is 393 g/mol. The van der Waals surface area contributed by atoms with E-state index in [2.05, 4.69) is 22.0 Å². The number of rotatable bonds is 5. The lowest BCUT2D eigenvalue weighted by molar-refractivity contribution is -0.184. The fraction of sp³-hybridized carbons (Fsp3) is 0.280. The number of benzene rings is 2. The van der Waals surface area contributed by atoms with Crippen LogP contribution in [0, 0.1) is 5.82 Å². The van der Waals surface area contributed by atoms with Gasteiger partial charge in [-0.05, 0) is 35.4 Å². The average Bonchev–Trinajstić information content (AvgIpc) is 2.78. The monoisotopic (exact) mass is 417 g/mol. The molecule has 0 unspecified atom stereocenters. The summed E-state index contributed by atoms with van der Waals surface area (Å²) in [6, 6.07) is 21.9. The third-order valence-corrected chi connectivity index (χ3v) is 6.65. The summed E-state index contributed by atoms with van der Waals surface area (Å²) < 4.78 is 13.4. The van der Waals surface area contributed by atoms with Crippen molar-refractivity contribution in [3.05, 3.63) is 102 Å². The largest absolute Gasteiger partial charge is 0.395 e. The van der Waals surface area contributed by atoms with E-state index in [0.29, 0.717) is 25.3 Å². The Bertz CT molecular complexity index is 1050. The Hall–Kier alpha value is -3.09. The van der Waals surface area contributed by atoms with Crippen LogP contribution in [0.4, 0.5) is 4.39 Å². The summed E-state index contributed by atoms with van der Waals surface area (Å²) in [5.41, 5.74) is 2.34. The van der Waals surface area contributed by atoms with Gasteiger partial charge < -0.3 is 10.0 Å². The highest BCUT2D eigenvalue weighted by atomic mass is 19.1. The van der Waals surface area contributed by atoms with Crippen molar-refractivity contribution < 1.29 is 14.3 Å². The van der Waals surface area contributed by atoms with Crippen LogP contribution in [0.3, 0.4) is 0 Å². The number of amides is 1. The van der Waals surface area contributed by atoms with Crippen LogP contribution in [0.5, 0.6) is 0 Å². The Kier molecular flexibility index (Phi) is 5.04. The molecule has 31 heavy (non-hydrogen) atoms. The number of likely N-dealkylation sites (tertiary alicyclic amines) is 2. The van der Waals surface area contributed by atoms with E-state index in [4.69, 9.17) is 0 Å². The predicted molar refractivity (Wildman–Crippen MR) is 115 cm³/mol. The zero-order valence-electron chi connectivity index (χ0n) is 17.1. The van der Waals surface area contributed by atoms with Crippen molar-refractivity contribution in [3.63, 3.8) is 0 Å². The summed E-state index contributed by atoms with van der Waals surface area (Å²) in [6.07, 6.45) is 1.63. The first kappa shape index (κ1) is 19.8. The number of aromatic nitrogens is 1. The van der Waals surface area contributed by atoms with Crippen LogP contribution in [0.25, 0.3) is 0 Å². The van der Waals surface area contributed by atoms with Gasteiger partial charge in [0.15, 0.2) is 0 Å². The van der Waals surface area contributed by atoms with Gasteiger partial charge >= 0.3 is 0 Å². The van der Waals surface area contributed by atoms with Gasteiger partial charge in [-0.3, -0.25) is 14.7 Å². The van der Waals surface area contributed by atoms with Gasteiger partial charge in [0.05, 0.1) is 12.1 Å². The van der Waals surface area contributed by atoms with Crippen molar-refractivity contribution in [2.24, 2.45) is 0 Å². The number of halogens is 1. The zero-order chi connectivity index (χ0) is 21.4. The summed E-state index contributed by atoms with van der Waals surface area (Å²) in [7, 11) is 0. The second-order valence-corrected chi connectivity index (χ2v) is 8.37. The van der Waals surface area contributed by atoms with Crippen LogP contribution in [0.1, 0.15) is 27.5 Å². The first-order valence-corrected chi connectivity index (χ1v) is 10.5. The molecule has 2 aromatic carbocycles. The topological polar surface area (TPSA) is 56.7 Å². The molecule has 5 nitrogen and oxygen atoms in total. The standard InChI is InChI=1S/C25H24FN3O2/c26-20-11-9-18(10-12-20)14-29-22(15-30)23(19-6-2-1-3-7-19)25(29)16-28(17-25)24(31)21-8-4-5-13-27-21/h1-13,22-23,30H,14-17H2/t22-,23-/m1/s1. The van der Waals surface area contributed by atoms with E-state index in [1.165, 1.54) is 17.7 Å². The Balaban J connectivity index is 1.43. The predicted octanol–water partition coefficient (Wildman–Crippen LogP) is 3.08. The van der Waals surface area contributed by atoms with Crippen molar-refractivity contribution >= 4 is 5.91 Å². The number of pyridine rings is 1. The van der Waals surface area contributed by atoms with Crippen LogP contribution >= 0.6 is 0 Å². The van der Waals surface area contributed by atoms with Crippen LogP contribution in [-0.4, -0.2) is 57.1 Å². The third-order valence-electron chi connectivity index (χ3n) is 6.65. The highest BCUT2D eigenvalue weighted by Crippen LogP contribution is 2.54. The SMILES string of the molecule is O=C(c1ccccn1)N1CC2(C1)[C@H](c1ccccc1)[C@@H](CO)N2Cc1ccc(F)cc1. The molecule has 5 rings (SSSR count). The lowest BCUT2D eigenvalue weighted by Gasteiger charge is -2.70. The second-order valence-electron chi connectivity index (χ2n) is 8.37. The smallest absolute Gasteiger partial charge is 0.272 e. The molecule has 2 atom stereocenters. The molecule has 2 aliphatic rings. The molecule has 0 aliphatic carbocycles. The van der Waals surface area contributed by atoms with E-state index >= 15 is 0 Å². The molecule has 0 radical (unpaired) electrons. The maximum absolute atomic E-state index is 13.4. The molecule has 1 amide bonds. The Morgan fingerprint density at radius 3 is 2.39 bits per heavy atom. The van der Waals surface area contributed by atoms with Gasteiger partial charge in [0.1, 0.15) is 11.5 Å². The molecule has 1 N–H and O–H groups in total. The molecule has 1 spiro atoms. The van der Waals surface area contributed by atoms with Gasteiger partial charge in [0, 0.05) is 37.8 Å². The number of carbonyl (C=O) groups is 1. The van der Waals surface area contributed by atoms with Crippen LogP contribution < -0.4 is 0 Å². The van der Waals surface area contributed by atoms with Crippen molar-refractivity contribution in [1.29, 1.82) is 0 Å². The van der Waals surface area contributed by atoms with Crippen molar-refractivity contribution in [2.45, 2.75) is 24.0 Å². The van der Waals surface area contributed by atoms with Gasteiger partial charge in [-0.25, -0.2) is 4.39 Å². The lowest BCUT2D eigenvalue weighted by atomic mass is 9.60. The maximum Gasteiger partial charge on any atom is 0.272 e. The summed E-state index contributed by atoms with van der Waals surface area (Å²) in [6.45, 7) is 1.76. The number of aliphatic hydroxyl groups is 1. The van der Waals surface area contributed by atoms with E-state index in [9.17, 15) is 14.3 Å². The molecule has 3 heterocycles. The Labute approximate surface area is 180 Å². The fourth-order valence-corrected chi connectivity index (χ4v) is 5.21. The van der Waals surface area contributed by atoms with Crippen molar-refractivity contribution in [3.8, 4) is 0 Å². The number of aliphatic hydroxyl groups excluding tert-OH is 1. The molecule has 0 saturated carbocycles. The number of nitrogens with zero attached hydrogens (tertiary/aromatic N) is 3. The maximum atomic E-state index is 13.4. The van der Waals surface area contributed by atoms with E-state index < -0.39 is 0 Å². The molecule has 0 bridgehead atoms. The molecule has 158 valence electrons. The molecule has 1 aromatic heterocycles. The minimum Gasteiger partial charge on any atom is -0.395 e. The summed E-state index contributed by atoms with van der Waals surface area (Å²) in [4.78, 5) is 21.2. The van der Waals surface area contributed by atoms with Crippen molar-refractivity contribution in [2.75, 3.05) is 19.7 Å². The van der Waals surface area contributed by atoms with Gasteiger partial charge in [0.25, 0.3) is 5.91 Å². The van der Waals surface area contributed by atoms with E-state index in [1.807, 2.05) is 29.2 Å². The van der Waals surface area contributed by atoms with E-state index in [0.717, 1.165) is 5.56 Å². The zero-order valence-corrected chi connectivity index (χ0v) is 17.1. The van der Waals surface area contributed by atoms with Crippen LogP contribution in [0.2, 0.25) is 0 Å². The van der Waals surface area contributed by atoms with E-state index in [1.54, 1.807) is 30.5 Å². The molecular formula is C25H24FN3O2. The van der Waals surface area contributed by atoms with Gasteiger partial charge in [0.2, 0.25) is 0 Å². The van der Waals surface area contributed by atoms with Crippen LogP contribution in [-0.2, 0) is 6.54 Å². The normalized spacial score (nSPS) is 22.1. The first-order valence-electron chi connectivity index (χ1n) is 10.5. The number of hydrogen-bond donors (Lipinski definition) is 1. The summed E-state index contributed by atoms with van der Waals surface area (Å²) in [5, 5.41) is 10.2. The number of carbonyl (C=O) groups excluding carboxylic acids is 1. The highest BCUT2D eigenvalue weighted by Gasteiger charge is 2.66. The second kappa shape index (κ2) is 7.87. The minimum atomic E-state index is -0.265. The quantitative estimate of drug-likeness (QED) is 0.693. The molecule has 2 fully saturated rings. The highest BCUT2D eigenvalue weighted by molar-refractivity contribution is 5.93. The Morgan fingerprint density at radius 1 is 1.03 bits per heavy atom. The molecule has 6 heteroatoms. The summed E-state index contributed by atoms with van der Waals surface area (Å²) >= 11 is 0. The fourth-order valence-electron chi connectivity index (χ4n) is 5.21. The summed E-state index contributed by atoms with van der Waals surface area (Å²) in [5.74, 6) is -0.224. The third kappa shape index (κ3) is 3.32. The molecule has 2 saturated heterocycles. The minimum absolute atomic E-state index is 0.0245. The number of hydrogen-bond acceptors (Lipinski definition) is 4.